The summed E-state index contributed by atoms with van der Waals surface area (Å²) in [6.45, 7) is 4.59. The van der Waals surface area contributed by atoms with Gasteiger partial charge in [0.2, 0.25) is 0 Å². The van der Waals surface area contributed by atoms with Gasteiger partial charge in [-0.1, -0.05) is 0 Å². The van der Waals surface area contributed by atoms with Gasteiger partial charge in [-0.05, 0) is 19.8 Å². The molecule has 1 aromatic rings. The van der Waals surface area contributed by atoms with Gasteiger partial charge in [0.15, 0.2) is 0 Å². The number of aryl methyl sites for hydroxylation is 1. The fraction of sp³-hybridized carbons (Fsp3) is 0.636. The first kappa shape index (κ1) is 9.24. The van der Waals surface area contributed by atoms with Crippen LogP contribution in [0.25, 0.3) is 0 Å². The summed E-state index contributed by atoms with van der Waals surface area (Å²) in [7, 11) is 0. The third kappa shape index (κ3) is 1.54. The molecule has 3 heterocycles. The van der Waals surface area contributed by atoms with E-state index in [1.54, 1.807) is 0 Å². The monoisotopic (exact) mass is 205 g/mol. The predicted molar refractivity (Wildman–Crippen MR) is 55.2 cm³/mol. The Labute approximate surface area is 89.1 Å². The second-order valence-corrected chi connectivity index (χ2v) is 4.19. The zero-order valence-electron chi connectivity index (χ0n) is 8.92. The molecule has 1 fully saturated rings. The molecule has 3 rings (SSSR count). The molecule has 1 saturated heterocycles. The van der Waals surface area contributed by atoms with Crippen LogP contribution in [0.2, 0.25) is 0 Å². The van der Waals surface area contributed by atoms with Crippen molar-refractivity contribution in [2.45, 2.75) is 39.0 Å². The first-order chi connectivity index (χ1) is 7.34. The van der Waals surface area contributed by atoms with Gasteiger partial charge in [-0.15, -0.1) is 0 Å². The maximum absolute atomic E-state index is 5.70. The van der Waals surface area contributed by atoms with Crippen molar-refractivity contribution >= 4 is 0 Å². The standard InChI is InChI=1S/C11H15N3O/c1-7-13-9-6-12-5-8(9)11(14-7)10-3-2-4-15-10/h10,12H,2-6H2,1H3. The zero-order chi connectivity index (χ0) is 10.3. The smallest absolute Gasteiger partial charge is 0.125 e. The molecule has 80 valence electrons. The summed E-state index contributed by atoms with van der Waals surface area (Å²) >= 11 is 0. The van der Waals surface area contributed by atoms with Gasteiger partial charge in [-0.3, -0.25) is 0 Å². The van der Waals surface area contributed by atoms with Gasteiger partial charge in [-0.2, -0.15) is 0 Å². The highest BCUT2D eigenvalue weighted by Gasteiger charge is 2.26. The van der Waals surface area contributed by atoms with Gasteiger partial charge in [0.05, 0.1) is 17.5 Å². The molecule has 1 unspecified atom stereocenters. The lowest BCUT2D eigenvalue weighted by Gasteiger charge is -2.13. The molecule has 1 atom stereocenters. The van der Waals surface area contributed by atoms with Gasteiger partial charge in [-0.25, -0.2) is 9.97 Å². The molecule has 0 aliphatic carbocycles. The van der Waals surface area contributed by atoms with E-state index in [2.05, 4.69) is 15.3 Å². The van der Waals surface area contributed by atoms with Crippen molar-refractivity contribution in [3.63, 3.8) is 0 Å². The summed E-state index contributed by atoms with van der Waals surface area (Å²) in [4.78, 5) is 9.01. The Kier molecular flexibility index (Phi) is 2.18. The van der Waals surface area contributed by atoms with Crippen molar-refractivity contribution in [3.05, 3.63) is 22.8 Å². The molecule has 0 spiro atoms. The van der Waals surface area contributed by atoms with Gasteiger partial charge >= 0.3 is 0 Å². The van der Waals surface area contributed by atoms with Crippen molar-refractivity contribution in [3.8, 4) is 0 Å². The molecule has 0 bridgehead atoms. The van der Waals surface area contributed by atoms with E-state index < -0.39 is 0 Å². The van der Waals surface area contributed by atoms with Gasteiger partial charge in [0.1, 0.15) is 5.82 Å². The largest absolute Gasteiger partial charge is 0.372 e. The van der Waals surface area contributed by atoms with Crippen LogP contribution in [-0.2, 0) is 17.8 Å². The van der Waals surface area contributed by atoms with E-state index in [1.165, 1.54) is 5.56 Å². The Bertz CT molecular complexity index is 386. The summed E-state index contributed by atoms with van der Waals surface area (Å²) in [6, 6.07) is 0. The van der Waals surface area contributed by atoms with Crippen molar-refractivity contribution < 1.29 is 4.74 Å². The third-order valence-electron chi connectivity index (χ3n) is 3.07. The highest BCUT2D eigenvalue weighted by Crippen LogP contribution is 2.31. The average molecular weight is 205 g/mol. The number of aromatic nitrogens is 2. The molecular formula is C11H15N3O. The maximum atomic E-state index is 5.70. The Morgan fingerprint density at radius 3 is 3.07 bits per heavy atom. The molecule has 15 heavy (non-hydrogen) atoms. The lowest BCUT2D eigenvalue weighted by Crippen LogP contribution is -2.08. The van der Waals surface area contributed by atoms with Crippen LogP contribution in [0.3, 0.4) is 0 Å². The molecule has 4 nitrogen and oxygen atoms in total. The number of nitrogens with zero attached hydrogens (tertiary/aromatic N) is 2. The predicted octanol–water partition coefficient (Wildman–Crippen LogP) is 1.24. The maximum Gasteiger partial charge on any atom is 0.125 e. The van der Waals surface area contributed by atoms with Crippen molar-refractivity contribution in [2.75, 3.05) is 6.61 Å². The number of nitrogens with one attached hydrogen (secondary N) is 1. The van der Waals surface area contributed by atoms with Crippen LogP contribution in [0.15, 0.2) is 0 Å². The molecular weight excluding hydrogens is 190 g/mol. The molecule has 2 aliphatic heterocycles. The summed E-state index contributed by atoms with van der Waals surface area (Å²) in [5.41, 5.74) is 3.56. The number of rotatable bonds is 1. The van der Waals surface area contributed by atoms with E-state index in [1.807, 2.05) is 6.92 Å². The van der Waals surface area contributed by atoms with Crippen LogP contribution in [0.1, 0.15) is 41.7 Å². The van der Waals surface area contributed by atoms with Crippen LogP contribution in [-0.4, -0.2) is 16.6 Å². The fourth-order valence-electron chi connectivity index (χ4n) is 2.38. The summed E-state index contributed by atoms with van der Waals surface area (Å²) < 4.78 is 5.70. The first-order valence-corrected chi connectivity index (χ1v) is 5.53. The highest BCUT2D eigenvalue weighted by atomic mass is 16.5. The summed E-state index contributed by atoms with van der Waals surface area (Å²) in [5, 5.41) is 3.32. The minimum absolute atomic E-state index is 0.209. The van der Waals surface area contributed by atoms with Crippen LogP contribution < -0.4 is 5.32 Å². The van der Waals surface area contributed by atoms with Crippen LogP contribution in [0, 0.1) is 6.92 Å². The number of ether oxygens (including phenoxy) is 1. The van der Waals surface area contributed by atoms with Crippen LogP contribution in [0.4, 0.5) is 0 Å². The van der Waals surface area contributed by atoms with Crippen molar-refractivity contribution in [1.82, 2.24) is 15.3 Å². The van der Waals surface area contributed by atoms with E-state index in [0.717, 1.165) is 49.8 Å². The van der Waals surface area contributed by atoms with Crippen molar-refractivity contribution in [1.29, 1.82) is 0 Å². The second-order valence-electron chi connectivity index (χ2n) is 4.19. The van der Waals surface area contributed by atoms with E-state index in [4.69, 9.17) is 4.74 Å². The van der Waals surface area contributed by atoms with E-state index in [0.29, 0.717) is 0 Å². The Hall–Kier alpha value is -1.00. The topological polar surface area (TPSA) is 47.0 Å². The lowest BCUT2D eigenvalue weighted by molar-refractivity contribution is 0.107. The highest BCUT2D eigenvalue weighted by molar-refractivity contribution is 5.31. The zero-order valence-corrected chi connectivity index (χ0v) is 8.92. The quantitative estimate of drug-likeness (QED) is 0.749. The first-order valence-electron chi connectivity index (χ1n) is 5.53. The Balaban J connectivity index is 2.05. The molecule has 1 N–H and O–H groups in total. The molecule has 0 saturated carbocycles. The van der Waals surface area contributed by atoms with Gasteiger partial charge in [0, 0.05) is 25.3 Å². The van der Waals surface area contributed by atoms with Crippen LogP contribution in [0.5, 0.6) is 0 Å². The fourth-order valence-corrected chi connectivity index (χ4v) is 2.38. The lowest BCUT2D eigenvalue weighted by atomic mass is 10.1. The van der Waals surface area contributed by atoms with Gasteiger partial charge < -0.3 is 10.1 Å². The van der Waals surface area contributed by atoms with E-state index in [9.17, 15) is 0 Å². The molecule has 0 aromatic carbocycles. The number of fused-ring (bicyclic) bond motifs is 1. The Morgan fingerprint density at radius 1 is 1.33 bits per heavy atom. The van der Waals surface area contributed by atoms with Crippen molar-refractivity contribution in [2.24, 2.45) is 0 Å². The minimum atomic E-state index is 0.209. The number of hydrogen-bond acceptors (Lipinski definition) is 4. The molecule has 1 aromatic heterocycles. The minimum Gasteiger partial charge on any atom is -0.372 e. The third-order valence-corrected chi connectivity index (χ3v) is 3.07. The Morgan fingerprint density at radius 2 is 2.27 bits per heavy atom. The van der Waals surface area contributed by atoms with E-state index >= 15 is 0 Å². The molecule has 0 radical (unpaired) electrons. The summed E-state index contributed by atoms with van der Waals surface area (Å²) in [6.07, 6.45) is 2.46. The van der Waals surface area contributed by atoms with E-state index in [-0.39, 0.29) is 6.10 Å². The van der Waals surface area contributed by atoms with Gasteiger partial charge in [0.25, 0.3) is 0 Å². The molecule has 4 heteroatoms. The summed E-state index contributed by atoms with van der Waals surface area (Å²) in [5.74, 6) is 0.864. The molecule has 2 aliphatic rings. The SMILES string of the molecule is Cc1nc2c(c(C3CCCO3)n1)CNC2. The second kappa shape index (κ2) is 3.54. The van der Waals surface area contributed by atoms with Crippen LogP contribution >= 0.6 is 0 Å². The molecule has 0 amide bonds. The number of hydrogen-bond donors (Lipinski definition) is 1. The average Bonchev–Trinajstić information content (AvgIpc) is 2.86. The normalized spacial score (nSPS) is 24.5.